The van der Waals surface area contributed by atoms with Crippen LogP contribution >= 0.6 is 11.6 Å². The predicted molar refractivity (Wildman–Crippen MR) is 93.6 cm³/mol. The van der Waals surface area contributed by atoms with Gasteiger partial charge in [0.1, 0.15) is 11.5 Å². The van der Waals surface area contributed by atoms with Gasteiger partial charge in [0, 0.05) is 24.1 Å². The molecule has 0 saturated carbocycles. The highest BCUT2D eigenvalue weighted by Crippen LogP contribution is 2.32. The van der Waals surface area contributed by atoms with Gasteiger partial charge in [-0.3, -0.25) is 9.59 Å². The number of benzene rings is 1. The third-order valence-corrected chi connectivity index (χ3v) is 4.66. The van der Waals surface area contributed by atoms with E-state index in [1.54, 1.807) is 29.4 Å². The normalized spacial score (nSPS) is 17.0. The highest BCUT2D eigenvalue weighted by molar-refractivity contribution is 6.31. The highest BCUT2D eigenvalue weighted by atomic mass is 35.5. The van der Waals surface area contributed by atoms with E-state index in [4.69, 9.17) is 20.8 Å². The van der Waals surface area contributed by atoms with E-state index in [-0.39, 0.29) is 18.2 Å². The summed E-state index contributed by atoms with van der Waals surface area (Å²) >= 11 is 6.08. The molecular formula is C18H19ClN2O4. The second kappa shape index (κ2) is 7.19. The van der Waals surface area contributed by atoms with Gasteiger partial charge in [-0.1, -0.05) is 11.6 Å². The van der Waals surface area contributed by atoms with Gasteiger partial charge in [0.25, 0.3) is 0 Å². The summed E-state index contributed by atoms with van der Waals surface area (Å²) in [5.41, 5.74) is 1.38. The molecule has 7 heteroatoms. The van der Waals surface area contributed by atoms with Gasteiger partial charge >= 0.3 is 0 Å². The largest absolute Gasteiger partial charge is 0.495 e. The maximum Gasteiger partial charge on any atom is 0.229 e. The lowest BCUT2D eigenvalue weighted by Gasteiger charge is -2.16. The topological polar surface area (TPSA) is 71.8 Å². The second-order valence-electron chi connectivity index (χ2n) is 6.05. The van der Waals surface area contributed by atoms with Crippen LogP contribution in [0.3, 0.4) is 0 Å². The van der Waals surface area contributed by atoms with E-state index >= 15 is 0 Å². The van der Waals surface area contributed by atoms with Crippen molar-refractivity contribution in [3.8, 4) is 5.75 Å². The number of halogens is 1. The number of nitrogens with zero attached hydrogens (tertiary/aromatic N) is 1. The Morgan fingerprint density at radius 3 is 2.96 bits per heavy atom. The Bertz CT molecular complexity index is 789. The minimum Gasteiger partial charge on any atom is -0.495 e. The lowest BCUT2D eigenvalue weighted by atomic mass is 10.1. The van der Waals surface area contributed by atoms with Crippen molar-refractivity contribution >= 4 is 29.1 Å². The van der Waals surface area contributed by atoms with Crippen LogP contribution in [0.15, 0.2) is 34.9 Å². The molecule has 1 atom stereocenters. The number of furan rings is 1. The van der Waals surface area contributed by atoms with Gasteiger partial charge in [0.05, 0.1) is 31.5 Å². The van der Waals surface area contributed by atoms with Crippen molar-refractivity contribution in [3.05, 3.63) is 46.9 Å². The molecule has 2 aromatic rings. The summed E-state index contributed by atoms with van der Waals surface area (Å²) in [5.74, 6) is 0.499. The molecule has 2 heterocycles. The summed E-state index contributed by atoms with van der Waals surface area (Å²) < 4.78 is 10.5. The number of methoxy groups -OCH3 is 1. The van der Waals surface area contributed by atoms with E-state index < -0.39 is 5.92 Å². The molecule has 1 unspecified atom stereocenters. The smallest absolute Gasteiger partial charge is 0.229 e. The molecule has 1 aliphatic heterocycles. The molecule has 1 aromatic heterocycles. The third kappa shape index (κ3) is 3.79. The van der Waals surface area contributed by atoms with Crippen molar-refractivity contribution in [3.63, 3.8) is 0 Å². The van der Waals surface area contributed by atoms with Crippen LogP contribution in [0.4, 0.5) is 5.69 Å². The quantitative estimate of drug-likeness (QED) is 0.886. The zero-order chi connectivity index (χ0) is 18.0. The van der Waals surface area contributed by atoms with Crippen LogP contribution in [-0.4, -0.2) is 30.4 Å². The fraction of sp³-hybridized carbons (Fsp3) is 0.333. The molecule has 132 valence electrons. The summed E-state index contributed by atoms with van der Waals surface area (Å²) in [6.07, 6.45) is 1.75. The fourth-order valence-electron chi connectivity index (χ4n) is 2.86. The molecule has 0 bridgehead atoms. The van der Waals surface area contributed by atoms with Gasteiger partial charge in [-0.05, 0) is 30.7 Å². The number of amides is 2. The molecule has 1 saturated heterocycles. The predicted octanol–water partition coefficient (Wildman–Crippen LogP) is 3.24. The number of carbonyl (C=O) groups is 2. The fourth-order valence-corrected chi connectivity index (χ4v) is 3.01. The number of nitrogens with one attached hydrogen (secondary N) is 1. The molecule has 1 fully saturated rings. The van der Waals surface area contributed by atoms with Crippen molar-refractivity contribution in [2.24, 2.45) is 5.92 Å². The Morgan fingerprint density at radius 1 is 1.48 bits per heavy atom. The maximum absolute atomic E-state index is 12.6. The van der Waals surface area contributed by atoms with Crippen LogP contribution in [0.1, 0.15) is 17.7 Å². The third-order valence-electron chi connectivity index (χ3n) is 4.25. The van der Waals surface area contributed by atoms with E-state index in [0.717, 1.165) is 5.56 Å². The lowest BCUT2D eigenvalue weighted by Crippen LogP contribution is -2.28. The SMILES string of the molecule is COc1cc(Cl)c(C)cc1NC(=O)C1CC(=O)N(Cc2ccco2)C1. The van der Waals surface area contributed by atoms with Crippen molar-refractivity contribution in [2.45, 2.75) is 19.9 Å². The number of carbonyl (C=O) groups excluding carboxylic acids is 2. The Labute approximate surface area is 150 Å². The molecule has 25 heavy (non-hydrogen) atoms. The molecular weight excluding hydrogens is 344 g/mol. The summed E-state index contributed by atoms with van der Waals surface area (Å²) in [7, 11) is 1.51. The Balaban J connectivity index is 1.68. The number of likely N-dealkylation sites (tertiary alicyclic amines) is 1. The van der Waals surface area contributed by atoms with E-state index in [0.29, 0.717) is 35.3 Å². The Kier molecular flexibility index (Phi) is 4.99. The highest BCUT2D eigenvalue weighted by Gasteiger charge is 2.35. The summed E-state index contributed by atoms with van der Waals surface area (Å²) in [6.45, 7) is 2.58. The average Bonchev–Trinajstić information content (AvgIpc) is 3.21. The summed E-state index contributed by atoms with van der Waals surface area (Å²) in [4.78, 5) is 26.4. The molecule has 2 amide bonds. The molecule has 0 aliphatic carbocycles. The number of hydrogen-bond donors (Lipinski definition) is 1. The molecule has 1 N–H and O–H groups in total. The molecule has 0 spiro atoms. The molecule has 1 aromatic carbocycles. The van der Waals surface area contributed by atoms with E-state index in [9.17, 15) is 9.59 Å². The monoisotopic (exact) mass is 362 g/mol. The maximum atomic E-state index is 12.6. The first-order chi connectivity index (χ1) is 12.0. The first-order valence-electron chi connectivity index (χ1n) is 7.93. The molecule has 3 rings (SSSR count). The Hall–Kier alpha value is -2.47. The van der Waals surface area contributed by atoms with E-state index in [2.05, 4.69) is 5.32 Å². The zero-order valence-corrected chi connectivity index (χ0v) is 14.8. The number of aryl methyl sites for hydroxylation is 1. The van der Waals surface area contributed by atoms with Crippen LogP contribution in [0, 0.1) is 12.8 Å². The van der Waals surface area contributed by atoms with Gasteiger partial charge in [0.2, 0.25) is 11.8 Å². The average molecular weight is 363 g/mol. The second-order valence-corrected chi connectivity index (χ2v) is 6.45. The first kappa shape index (κ1) is 17.4. The van der Waals surface area contributed by atoms with Crippen LogP contribution in [0.25, 0.3) is 0 Å². The zero-order valence-electron chi connectivity index (χ0n) is 14.0. The number of anilines is 1. The van der Waals surface area contributed by atoms with Gasteiger partial charge in [-0.25, -0.2) is 0 Å². The molecule has 1 aliphatic rings. The van der Waals surface area contributed by atoms with Crippen molar-refractivity contribution < 1.29 is 18.7 Å². The lowest BCUT2D eigenvalue weighted by molar-refractivity contribution is -0.128. The van der Waals surface area contributed by atoms with Crippen LogP contribution in [0.5, 0.6) is 5.75 Å². The van der Waals surface area contributed by atoms with Gasteiger partial charge in [-0.15, -0.1) is 0 Å². The van der Waals surface area contributed by atoms with Crippen molar-refractivity contribution in [1.82, 2.24) is 4.90 Å². The van der Waals surface area contributed by atoms with Crippen LogP contribution in [0.2, 0.25) is 5.02 Å². The number of rotatable bonds is 5. The van der Waals surface area contributed by atoms with Gasteiger partial charge < -0.3 is 19.4 Å². The first-order valence-corrected chi connectivity index (χ1v) is 8.31. The van der Waals surface area contributed by atoms with Crippen LogP contribution < -0.4 is 10.1 Å². The van der Waals surface area contributed by atoms with Gasteiger partial charge in [-0.2, -0.15) is 0 Å². The summed E-state index contributed by atoms with van der Waals surface area (Å²) in [5, 5.41) is 3.41. The van der Waals surface area contributed by atoms with Gasteiger partial charge in [0.15, 0.2) is 0 Å². The summed E-state index contributed by atoms with van der Waals surface area (Å²) in [6, 6.07) is 7.00. The minimum atomic E-state index is -0.414. The van der Waals surface area contributed by atoms with Crippen LogP contribution in [-0.2, 0) is 16.1 Å². The molecule has 6 nitrogen and oxygen atoms in total. The number of ether oxygens (including phenoxy) is 1. The van der Waals surface area contributed by atoms with Crippen molar-refractivity contribution in [2.75, 3.05) is 19.0 Å². The number of hydrogen-bond acceptors (Lipinski definition) is 4. The molecule has 0 radical (unpaired) electrons. The van der Waals surface area contributed by atoms with E-state index in [1.165, 1.54) is 7.11 Å². The van der Waals surface area contributed by atoms with E-state index in [1.807, 2.05) is 13.0 Å². The van der Waals surface area contributed by atoms with Crippen molar-refractivity contribution in [1.29, 1.82) is 0 Å². The minimum absolute atomic E-state index is 0.0594. The standard InChI is InChI=1S/C18H19ClN2O4/c1-11-6-15(16(24-2)8-14(11)19)20-18(23)12-7-17(22)21(9-12)10-13-4-3-5-25-13/h3-6,8,12H,7,9-10H2,1-2H3,(H,20,23). The Morgan fingerprint density at radius 2 is 2.28 bits per heavy atom.